The molecule has 2 aliphatic heterocycles. The van der Waals surface area contributed by atoms with Gasteiger partial charge in [0.2, 0.25) is 0 Å². The van der Waals surface area contributed by atoms with E-state index in [9.17, 15) is 0 Å². The van der Waals surface area contributed by atoms with Crippen LogP contribution in [0.3, 0.4) is 0 Å². The lowest BCUT2D eigenvalue weighted by atomic mass is 9.80. The molecule has 2 saturated heterocycles. The number of hydrogen-bond donors (Lipinski definition) is 0. The first-order valence-corrected chi connectivity index (χ1v) is 4.16. The zero-order chi connectivity index (χ0) is 7.14. The topological polar surface area (TPSA) is 6.48 Å². The summed E-state index contributed by atoms with van der Waals surface area (Å²) >= 11 is 0. The summed E-state index contributed by atoms with van der Waals surface area (Å²) in [7, 11) is 4.47. The molecule has 0 spiro atoms. The fraction of sp³-hybridized carbons (Fsp3) is 1.00. The van der Waals surface area contributed by atoms with E-state index in [0.29, 0.717) is 0 Å². The predicted octanol–water partition coefficient (Wildman–Crippen LogP) is -0.830. The van der Waals surface area contributed by atoms with Gasteiger partial charge in [-0.25, -0.2) is 0 Å². The Morgan fingerprint density at radius 1 is 1.40 bits per heavy atom. The molecule has 3 heteroatoms. The molecule has 2 nitrogen and oxygen atoms in total. The molecular weight excluding hydrogens is 123 g/mol. The van der Waals surface area contributed by atoms with Gasteiger partial charge in [-0.15, -0.1) is 0 Å². The molecular formula is C7H15BN2. The Hall–Kier alpha value is -0.0151. The third-order valence-corrected chi connectivity index (χ3v) is 2.99. The van der Waals surface area contributed by atoms with Gasteiger partial charge in [-0.2, -0.15) is 0 Å². The van der Waals surface area contributed by atoms with Gasteiger partial charge in [-0.05, 0) is 32.5 Å². The number of fused-ring (bicyclic) bond motifs is 1. The maximum Gasteiger partial charge on any atom is 0.185 e. The minimum absolute atomic E-state index is 0.927. The Morgan fingerprint density at radius 2 is 2.20 bits per heavy atom. The maximum absolute atomic E-state index is 2.48. The molecule has 2 unspecified atom stereocenters. The molecule has 10 heavy (non-hydrogen) atoms. The zero-order valence-corrected chi connectivity index (χ0v) is 6.88. The van der Waals surface area contributed by atoms with Crippen LogP contribution in [0, 0.1) is 5.92 Å². The van der Waals surface area contributed by atoms with E-state index in [1.165, 1.54) is 26.1 Å². The lowest BCUT2D eigenvalue weighted by Gasteiger charge is -2.52. The lowest BCUT2D eigenvalue weighted by molar-refractivity contribution is 0.0248. The van der Waals surface area contributed by atoms with Crippen molar-refractivity contribution in [3.63, 3.8) is 0 Å². The minimum atomic E-state index is 0.927. The molecule has 0 saturated carbocycles. The highest BCUT2D eigenvalue weighted by atomic mass is 15.2. The van der Waals surface area contributed by atoms with Crippen LogP contribution in [0.25, 0.3) is 0 Å². The van der Waals surface area contributed by atoms with Gasteiger partial charge in [0, 0.05) is 12.6 Å². The summed E-state index contributed by atoms with van der Waals surface area (Å²) in [5.74, 6) is 0.990. The van der Waals surface area contributed by atoms with Crippen molar-refractivity contribution in [3.8, 4) is 0 Å². The minimum Gasteiger partial charge on any atom is -0.345 e. The van der Waals surface area contributed by atoms with Crippen LogP contribution in [-0.4, -0.2) is 50.4 Å². The quantitative estimate of drug-likeness (QED) is 0.403. The van der Waals surface area contributed by atoms with Crippen molar-refractivity contribution >= 4 is 7.98 Å². The van der Waals surface area contributed by atoms with Crippen molar-refractivity contribution in [1.82, 2.24) is 9.71 Å². The Labute approximate surface area is 63.6 Å². The molecule has 0 aliphatic carbocycles. The molecule has 2 heterocycles. The molecule has 56 valence electrons. The van der Waals surface area contributed by atoms with Crippen molar-refractivity contribution in [2.45, 2.75) is 12.5 Å². The number of nitrogens with zero attached hydrogens (tertiary/aromatic N) is 2. The third-order valence-electron chi connectivity index (χ3n) is 2.99. The fourth-order valence-electron chi connectivity index (χ4n) is 2.33. The second kappa shape index (κ2) is 2.24. The number of likely N-dealkylation sites (tertiary alicyclic amines) is 1. The average molecular weight is 138 g/mol. The summed E-state index contributed by atoms with van der Waals surface area (Å²) in [6.45, 7) is 3.95. The van der Waals surface area contributed by atoms with E-state index in [0.717, 1.165) is 12.0 Å². The van der Waals surface area contributed by atoms with Crippen LogP contribution in [0.4, 0.5) is 0 Å². The van der Waals surface area contributed by atoms with Crippen LogP contribution in [0.1, 0.15) is 6.42 Å². The van der Waals surface area contributed by atoms with Gasteiger partial charge in [0.05, 0.1) is 0 Å². The van der Waals surface area contributed by atoms with Crippen LogP contribution in [0.2, 0.25) is 0 Å². The Balaban J connectivity index is 1.93. The molecule has 0 aromatic heterocycles. The van der Waals surface area contributed by atoms with Crippen molar-refractivity contribution < 1.29 is 0 Å². The second-order valence-corrected chi connectivity index (χ2v) is 3.82. The van der Waals surface area contributed by atoms with Gasteiger partial charge in [-0.1, -0.05) is 0 Å². The summed E-state index contributed by atoms with van der Waals surface area (Å²) in [6, 6.07) is 0.927. The van der Waals surface area contributed by atoms with Gasteiger partial charge in [0.1, 0.15) is 0 Å². The maximum atomic E-state index is 2.48. The van der Waals surface area contributed by atoms with Crippen molar-refractivity contribution in [1.29, 1.82) is 0 Å². The molecule has 2 aliphatic rings. The van der Waals surface area contributed by atoms with Crippen molar-refractivity contribution in [3.05, 3.63) is 0 Å². The lowest BCUT2D eigenvalue weighted by Crippen LogP contribution is -2.61. The molecule has 0 bridgehead atoms. The van der Waals surface area contributed by atoms with Gasteiger partial charge in [-0.3, -0.25) is 0 Å². The van der Waals surface area contributed by atoms with E-state index in [4.69, 9.17) is 0 Å². The van der Waals surface area contributed by atoms with E-state index in [1.54, 1.807) is 0 Å². The van der Waals surface area contributed by atoms with Gasteiger partial charge in [0.25, 0.3) is 0 Å². The summed E-state index contributed by atoms with van der Waals surface area (Å²) in [5.41, 5.74) is 0. The fourth-order valence-corrected chi connectivity index (χ4v) is 2.33. The summed E-state index contributed by atoms with van der Waals surface area (Å²) in [4.78, 5) is 4.94. The Morgan fingerprint density at radius 3 is 2.80 bits per heavy atom. The highest BCUT2D eigenvalue weighted by Crippen LogP contribution is 2.29. The monoisotopic (exact) mass is 138 g/mol. The molecule has 0 aromatic rings. The molecule has 0 N–H and O–H groups in total. The van der Waals surface area contributed by atoms with E-state index in [-0.39, 0.29) is 0 Å². The zero-order valence-electron chi connectivity index (χ0n) is 6.88. The van der Waals surface area contributed by atoms with Crippen LogP contribution in [-0.2, 0) is 0 Å². The predicted molar refractivity (Wildman–Crippen MR) is 44.6 cm³/mol. The smallest absolute Gasteiger partial charge is 0.185 e. The normalized spacial score (nSPS) is 42.5. The average Bonchev–Trinajstić information content (AvgIpc) is 1.86. The van der Waals surface area contributed by atoms with Gasteiger partial charge < -0.3 is 9.71 Å². The first-order chi connectivity index (χ1) is 4.77. The standard InChI is InChI=1S/C7H15BN2/c1-9-3-2-7-6(4-9)5-10(7)8/h6-7H,2-5,8H2,1H3. The highest BCUT2D eigenvalue weighted by molar-refractivity contribution is 6.05. The number of rotatable bonds is 0. The molecule has 2 atom stereocenters. The second-order valence-electron chi connectivity index (χ2n) is 3.82. The summed E-state index contributed by atoms with van der Waals surface area (Å²) in [6.07, 6.45) is 1.39. The van der Waals surface area contributed by atoms with E-state index >= 15 is 0 Å². The SMILES string of the molecule is BN1CC2CN(C)CCC21. The Bertz CT molecular complexity index is 138. The molecule has 0 radical (unpaired) electrons. The summed E-state index contributed by atoms with van der Waals surface area (Å²) < 4.78 is 0. The van der Waals surface area contributed by atoms with Crippen molar-refractivity contribution in [2.24, 2.45) is 5.92 Å². The van der Waals surface area contributed by atoms with Crippen LogP contribution in [0.5, 0.6) is 0 Å². The number of piperidine rings is 1. The first-order valence-electron chi connectivity index (χ1n) is 4.16. The highest BCUT2D eigenvalue weighted by Gasteiger charge is 2.38. The molecule has 2 fully saturated rings. The Kier molecular flexibility index (Phi) is 1.50. The van der Waals surface area contributed by atoms with Gasteiger partial charge >= 0.3 is 0 Å². The van der Waals surface area contributed by atoms with Crippen LogP contribution in [0.15, 0.2) is 0 Å². The molecule has 0 aromatic carbocycles. The summed E-state index contributed by atoms with van der Waals surface area (Å²) in [5, 5.41) is 0. The van der Waals surface area contributed by atoms with E-state index in [2.05, 4.69) is 24.7 Å². The largest absolute Gasteiger partial charge is 0.345 e. The van der Waals surface area contributed by atoms with Crippen molar-refractivity contribution in [2.75, 3.05) is 26.7 Å². The van der Waals surface area contributed by atoms with E-state index in [1.807, 2.05) is 0 Å². The van der Waals surface area contributed by atoms with Gasteiger partial charge in [0.15, 0.2) is 7.98 Å². The molecule has 0 amide bonds. The van der Waals surface area contributed by atoms with Crippen LogP contribution < -0.4 is 0 Å². The number of hydrogen-bond acceptors (Lipinski definition) is 2. The third kappa shape index (κ3) is 0.885. The van der Waals surface area contributed by atoms with E-state index < -0.39 is 0 Å². The first kappa shape index (κ1) is 6.68. The molecule has 2 rings (SSSR count). The van der Waals surface area contributed by atoms with Crippen LogP contribution >= 0.6 is 0 Å².